The van der Waals surface area contributed by atoms with Crippen molar-refractivity contribution in [2.45, 2.75) is 40.0 Å². The van der Waals surface area contributed by atoms with Gasteiger partial charge in [-0.05, 0) is 43.9 Å². The molecule has 0 spiro atoms. The minimum Gasteiger partial charge on any atom is -0.490 e. The number of nitrogens with two attached hydrogens (primary N) is 1. The van der Waals surface area contributed by atoms with Crippen molar-refractivity contribution in [3.05, 3.63) is 22.7 Å². The predicted octanol–water partition coefficient (Wildman–Crippen LogP) is 4.15. The monoisotopic (exact) mass is 404 g/mol. The smallest absolute Gasteiger partial charge is 0.254 e. The number of unbranched alkanes of at least 4 members (excludes halogenated alkanes) is 1. The lowest BCUT2D eigenvalue weighted by atomic mass is 9.90. The summed E-state index contributed by atoms with van der Waals surface area (Å²) in [5.41, 5.74) is 6.36. The van der Waals surface area contributed by atoms with E-state index in [2.05, 4.69) is 13.8 Å². The second kappa shape index (κ2) is 10.2. The molecule has 2 rings (SSSR count). The number of nitrogens with zero attached hydrogens (tertiary/aromatic N) is 1. The molecule has 5 nitrogen and oxygen atoms in total. The van der Waals surface area contributed by atoms with Gasteiger partial charge in [0.2, 0.25) is 0 Å². The van der Waals surface area contributed by atoms with Crippen LogP contribution in [0.1, 0.15) is 50.4 Å². The first-order valence-corrected chi connectivity index (χ1v) is 9.40. The molecule has 1 amide bonds. The fourth-order valence-corrected chi connectivity index (χ4v) is 3.22. The van der Waals surface area contributed by atoms with Gasteiger partial charge in [-0.15, -0.1) is 12.4 Å². The molecule has 0 saturated carbocycles. The van der Waals surface area contributed by atoms with Crippen LogP contribution in [-0.2, 0) is 0 Å². The molecule has 1 heterocycles. The van der Waals surface area contributed by atoms with Gasteiger partial charge < -0.3 is 20.1 Å². The number of hydrogen-bond donors (Lipinski definition) is 1. The number of carbonyl (C=O) groups is 1. The Labute approximate surface area is 167 Å². The van der Waals surface area contributed by atoms with Crippen molar-refractivity contribution < 1.29 is 14.3 Å². The first-order chi connectivity index (χ1) is 11.9. The minimum atomic E-state index is -0.0415. The highest BCUT2D eigenvalue weighted by Crippen LogP contribution is 2.38. The van der Waals surface area contributed by atoms with Gasteiger partial charge in [0, 0.05) is 18.7 Å². The number of hydrogen-bond acceptors (Lipinski definition) is 4. The summed E-state index contributed by atoms with van der Waals surface area (Å²) in [6, 6.07) is 3.41. The van der Waals surface area contributed by atoms with Crippen molar-refractivity contribution in [1.82, 2.24) is 4.90 Å². The van der Waals surface area contributed by atoms with Crippen molar-refractivity contribution in [1.29, 1.82) is 0 Å². The van der Waals surface area contributed by atoms with E-state index in [9.17, 15) is 4.79 Å². The van der Waals surface area contributed by atoms with E-state index in [0.29, 0.717) is 54.9 Å². The van der Waals surface area contributed by atoms with Gasteiger partial charge in [-0.1, -0.05) is 31.9 Å². The Hall–Kier alpha value is -1.17. The lowest BCUT2D eigenvalue weighted by Crippen LogP contribution is -2.34. The molecule has 2 N–H and O–H groups in total. The van der Waals surface area contributed by atoms with Crippen LogP contribution in [0, 0.1) is 5.41 Å². The molecular weight excluding hydrogens is 375 g/mol. The zero-order valence-corrected chi connectivity index (χ0v) is 17.4. The Morgan fingerprint density at radius 1 is 1.35 bits per heavy atom. The summed E-state index contributed by atoms with van der Waals surface area (Å²) in [7, 11) is 0. The molecule has 1 atom stereocenters. The van der Waals surface area contributed by atoms with Gasteiger partial charge in [0.15, 0.2) is 11.5 Å². The second-order valence-corrected chi connectivity index (χ2v) is 7.32. The molecule has 1 fully saturated rings. The third kappa shape index (κ3) is 5.41. The largest absolute Gasteiger partial charge is 0.490 e. The molecule has 1 aliphatic rings. The summed E-state index contributed by atoms with van der Waals surface area (Å²) >= 11 is 6.39. The topological polar surface area (TPSA) is 64.8 Å². The lowest BCUT2D eigenvalue weighted by Gasteiger charge is -2.23. The number of halogens is 2. The SMILES string of the molecule is CCCCOc1c(Cl)cc(C(=O)N2CCC(C)(CN)C2)cc1OCC.Cl. The summed E-state index contributed by atoms with van der Waals surface area (Å²) in [6.07, 6.45) is 2.89. The third-order valence-corrected chi connectivity index (χ3v) is 4.92. The fourth-order valence-electron chi connectivity index (χ4n) is 2.96. The minimum absolute atomic E-state index is 0. The summed E-state index contributed by atoms with van der Waals surface area (Å²) in [5, 5.41) is 0.409. The number of ether oxygens (including phenoxy) is 2. The number of benzene rings is 1. The standard InChI is InChI=1S/C19H29ClN2O3.ClH/c1-4-6-9-25-17-15(20)10-14(11-16(17)24-5-2)18(23)22-8-7-19(3,12-21)13-22;/h10-11H,4-9,12-13,21H2,1-3H3;1H. The van der Waals surface area contributed by atoms with E-state index < -0.39 is 0 Å². The van der Waals surface area contributed by atoms with Crippen molar-refractivity contribution in [2.75, 3.05) is 32.8 Å². The quantitative estimate of drug-likeness (QED) is 0.660. The number of amides is 1. The van der Waals surface area contributed by atoms with Crippen LogP contribution >= 0.6 is 24.0 Å². The lowest BCUT2D eigenvalue weighted by molar-refractivity contribution is 0.0776. The maximum Gasteiger partial charge on any atom is 0.254 e. The van der Waals surface area contributed by atoms with Crippen LogP contribution in [-0.4, -0.2) is 43.7 Å². The molecular formula is C19H30Cl2N2O3. The molecule has 0 aromatic heterocycles. The molecule has 0 aliphatic carbocycles. The number of rotatable bonds is 8. The van der Waals surface area contributed by atoms with Gasteiger partial charge in [-0.25, -0.2) is 0 Å². The summed E-state index contributed by atoms with van der Waals surface area (Å²) in [4.78, 5) is 14.7. The van der Waals surface area contributed by atoms with Crippen LogP contribution in [0.2, 0.25) is 5.02 Å². The van der Waals surface area contributed by atoms with E-state index in [1.165, 1.54) is 0 Å². The highest BCUT2D eigenvalue weighted by Gasteiger charge is 2.35. The van der Waals surface area contributed by atoms with Crippen molar-refractivity contribution in [3.63, 3.8) is 0 Å². The first-order valence-electron chi connectivity index (χ1n) is 9.02. The maximum absolute atomic E-state index is 12.9. The van der Waals surface area contributed by atoms with Crippen molar-refractivity contribution in [3.8, 4) is 11.5 Å². The highest BCUT2D eigenvalue weighted by molar-refractivity contribution is 6.32. The molecule has 1 aliphatic heterocycles. The Morgan fingerprint density at radius 3 is 2.65 bits per heavy atom. The van der Waals surface area contributed by atoms with Gasteiger partial charge in [0.25, 0.3) is 5.91 Å². The summed E-state index contributed by atoms with van der Waals surface area (Å²) in [6.45, 7) is 9.11. The van der Waals surface area contributed by atoms with Crippen LogP contribution in [0.5, 0.6) is 11.5 Å². The van der Waals surface area contributed by atoms with E-state index in [1.807, 2.05) is 11.8 Å². The van der Waals surface area contributed by atoms with Gasteiger partial charge in [0.1, 0.15) is 0 Å². The molecule has 0 radical (unpaired) electrons. The Kier molecular flexibility index (Phi) is 9.01. The molecule has 148 valence electrons. The molecule has 1 aromatic rings. The van der Waals surface area contributed by atoms with Gasteiger partial charge in [-0.3, -0.25) is 4.79 Å². The average molecular weight is 405 g/mol. The highest BCUT2D eigenvalue weighted by atomic mass is 35.5. The molecule has 26 heavy (non-hydrogen) atoms. The van der Waals surface area contributed by atoms with E-state index in [1.54, 1.807) is 12.1 Å². The average Bonchev–Trinajstić information content (AvgIpc) is 2.99. The Morgan fingerprint density at radius 2 is 2.08 bits per heavy atom. The van der Waals surface area contributed by atoms with Crippen LogP contribution in [0.4, 0.5) is 0 Å². The first kappa shape index (κ1) is 22.9. The zero-order chi connectivity index (χ0) is 18.4. The zero-order valence-electron chi connectivity index (χ0n) is 15.8. The van der Waals surface area contributed by atoms with Gasteiger partial charge in [-0.2, -0.15) is 0 Å². The number of likely N-dealkylation sites (tertiary alicyclic amines) is 1. The molecule has 1 unspecified atom stereocenters. The van der Waals surface area contributed by atoms with Crippen LogP contribution in [0.25, 0.3) is 0 Å². The normalized spacial score (nSPS) is 19.2. The summed E-state index contributed by atoms with van der Waals surface area (Å²) in [5.74, 6) is 0.997. The van der Waals surface area contributed by atoms with Crippen LogP contribution in [0.3, 0.4) is 0 Å². The molecule has 7 heteroatoms. The van der Waals surface area contributed by atoms with E-state index >= 15 is 0 Å². The predicted molar refractivity (Wildman–Crippen MR) is 108 cm³/mol. The van der Waals surface area contributed by atoms with Gasteiger partial charge >= 0.3 is 0 Å². The van der Waals surface area contributed by atoms with E-state index in [4.69, 9.17) is 26.8 Å². The Balaban J connectivity index is 0.00000338. The summed E-state index contributed by atoms with van der Waals surface area (Å²) < 4.78 is 11.4. The van der Waals surface area contributed by atoms with Crippen LogP contribution in [0.15, 0.2) is 12.1 Å². The van der Waals surface area contributed by atoms with Crippen LogP contribution < -0.4 is 15.2 Å². The van der Waals surface area contributed by atoms with E-state index in [0.717, 1.165) is 19.3 Å². The van der Waals surface area contributed by atoms with Crippen molar-refractivity contribution >= 4 is 29.9 Å². The maximum atomic E-state index is 12.9. The van der Waals surface area contributed by atoms with E-state index in [-0.39, 0.29) is 23.7 Å². The molecule has 0 bridgehead atoms. The molecule has 1 saturated heterocycles. The Bertz CT molecular complexity index is 613. The van der Waals surface area contributed by atoms with Crippen molar-refractivity contribution in [2.24, 2.45) is 11.1 Å². The fraction of sp³-hybridized carbons (Fsp3) is 0.632. The third-order valence-electron chi connectivity index (χ3n) is 4.64. The molecule has 1 aromatic carbocycles. The second-order valence-electron chi connectivity index (χ2n) is 6.91. The van der Waals surface area contributed by atoms with Gasteiger partial charge in [0.05, 0.1) is 18.2 Å². The number of carbonyl (C=O) groups excluding carboxylic acids is 1.